The maximum atomic E-state index is 14.6. The number of methoxy groups -OCH3 is 1. The van der Waals surface area contributed by atoms with Crippen molar-refractivity contribution in [3.05, 3.63) is 88.7 Å². The van der Waals surface area contributed by atoms with Crippen LogP contribution in [0.3, 0.4) is 0 Å². The molecule has 0 unspecified atom stereocenters. The first-order valence-corrected chi connectivity index (χ1v) is 15.3. The molecule has 2 fully saturated rings. The zero-order chi connectivity index (χ0) is 32.8. The first-order valence-electron chi connectivity index (χ1n) is 15.0. The Morgan fingerprint density at radius 3 is 2.59 bits per heavy atom. The van der Waals surface area contributed by atoms with Gasteiger partial charge in [-0.2, -0.15) is 0 Å². The lowest BCUT2D eigenvalue weighted by Gasteiger charge is -2.39. The highest BCUT2D eigenvalue weighted by molar-refractivity contribution is 6.31. The summed E-state index contributed by atoms with van der Waals surface area (Å²) < 4.78 is 58.6. The Labute approximate surface area is 269 Å². The van der Waals surface area contributed by atoms with Crippen LogP contribution in [0.1, 0.15) is 37.3 Å². The maximum absolute atomic E-state index is 14.6. The van der Waals surface area contributed by atoms with Crippen LogP contribution in [0.4, 0.5) is 23.7 Å². The van der Waals surface area contributed by atoms with Gasteiger partial charge in [0.2, 0.25) is 5.91 Å². The summed E-state index contributed by atoms with van der Waals surface area (Å²) in [7, 11) is 1.18. The second-order valence-corrected chi connectivity index (χ2v) is 11.9. The van der Waals surface area contributed by atoms with Gasteiger partial charge in [-0.1, -0.05) is 54.1 Å². The predicted molar refractivity (Wildman–Crippen MR) is 164 cm³/mol. The average Bonchev–Trinajstić information content (AvgIpc) is 3.69. The van der Waals surface area contributed by atoms with Gasteiger partial charge in [0.1, 0.15) is 17.9 Å². The third kappa shape index (κ3) is 7.91. The van der Waals surface area contributed by atoms with E-state index in [4.69, 9.17) is 25.8 Å². The van der Waals surface area contributed by atoms with Crippen molar-refractivity contribution in [2.45, 2.75) is 55.8 Å². The summed E-state index contributed by atoms with van der Waals surface area (Å²) in [5, 5.41) is 2.73. The SMILES string of the molecule is COC(=O)N1C[C@H](OCCOCC2=CC=CC2)C[C@H]1C(=O)N(c1cccc(F)c1)[C@H](C(=O)NC1CC(F)(F)C1)c1ccccc1Cl. The van der Waals surface area contributed by atoms with Gasteiger partial charge in [-0.15, -0.1) is 0 Å². The summed E-state index contributed by atoms with van der Waals surface area (Å²) in [6, 6.07) is 7.83. The zero-order valence-electron chi connectivity index (χ0n) is 25.2. The molecular weight excluding hydrogens is 627 g/mol. The van der Waals surface area contributed by atoms with Crippen LogP contribution in [0.25, 0.3) is 0 Å². The minimum Gasteiger partial charge on any atom is -0.453 e. The van der Waals surface area contributed by atoms with Crippen LogP contribution < -0.4 is 10.2 Å². The van der Waals surface area contributed by atoms with Crippen LogP contribution in [-0.4, -0.2) is 80.4 Å². The number of ether oxygens (including phenoxy) is 3. The fourth-order valence-corrected chi connectivity index (χ4v) is 6.11. The van der Waals surface area contributed by atoms with Crippen LogP contribution in [0.5, 0.6) is 0 Å². The van der Waals surface area contributed by atoms with Gasteiger partial charge in [0, 0.05) is 41.6 Å². The number of amides is 3. The third-order valence-electron chi connectivity index (χ3n) is 8.14. The molecular formula is C33H35ClF3N3O6. The number of benzene rings is 2. The number of carbonyl (C=O) groups excluding carboxylic acids is 3. The quantitative estimate of drug-likeness (QED) is 0.298. The maximum Gasteiger partial charge on any atom is 0.410 e. The van der Waals surface area contributed by atoms with Crippen molar-refractivity contribution in [2.75, 3.05) is 38.4 Å². The lowest BCUT2D eigenvalue weighted by molar-refractivity contribution is -0.133. The monoisotopic (exact) mass is 661 g/mol. The summed E-state index contributed by atoms with van der Waals surface area (Å²) >= 11 is 6.53. The van der Waals surface area contributed by atoms with E-state index >= 15 is 0 Å². The molecule has 13 heteroatoms. The first kappa shape index (κ1) is 33.5. The van der Waals surface area contributed by atoms with E-state index in [1.165, 1.54) is 42.3 Å². The van der Waals surface area contributed by atoms with Gasteiger partial charge in [0.05, 0.1) is 39.6 Å². The number of nitrogens with zero attached hydrogens (tertiary/aromatic N) is 2. The lowest BCUT2D eigenvalue weighted by Crippen LogP contribution is -2.56. The standard InChI is InChI=1S/C33H35ClF3N3O6/c1-44-32(43)39-19-25(46-14-13-45-20-21-7-2-3-8-21)16-28(39)31(42)40(24-10-6-9-22(35)15-24)29(26-11-4-5-12-27(26)34)30(41)38-23-17-33(36,37)18-23/h2-7,9-12,15,23,25,28-29H,8,13-14,16-20H2,1H3,(H,38,41)/t25-,28+,29+/m1/s1. The van der Waals surface area contributed by atoms with Crippen LogP contribution in [0.2, 0.25) is 5.02 Å². The van der Waals surface area contributed by atoms with Gasteiger partial charge < -0.3 is 19.5 Å². The molecule has 1 N–H and O–H groups in total. The molecule has 0 bridgehead atoms. The number of carbonyl (C=O) groups is 3. The summed E-state index contributed by atoms with van der Waals surface area (Å²) in [5.41, 5.74) is 1.33. The fraction of sp³-hybridized carbons (Fsp3) is 0.424. The third-order valence-corrected chi connectivity index (χ3v) is 8.48. The van der Waals surface area contributed by atoms with E-state index < -0.39 is 66.7 Å². The number of alkyl halides is 2. The Morgan fingerprint density at radius 2 is 1.91 bits per heavy atom. The van der Waals surface area contributed by atoms with Crippen molar-refractivity contribution in [1.82, 2.24) is 10.2 Å². The number of rotatable bonds is 12. The normalized spacial score (nSPS) is 21.0. The van der Waals surface area contributed by atoms with Crippen molar-refractivity contribution in [2.24, 2.45) is 0 Å². The Kier molecular flexibility index (Phi) is 10.7. The molecule has 3 amide bonds. The fourth-order valence-electron chi connectivity index (χ4n) is 5.87. The summed E-state index contributed by atoms with van der Waals surface area (Å²) in [4.78, 5) is 43.6. The predicted octanol–water partition coefficient (Wildman–Crippen LogP) is 5.60. The topological polar surface area (TPSA) is 97.4 Å². The molecule has 2 aromatic carbocycles. The van der Waals surface area contributed by atoms with Gasteiger partial charge in [-0.05, 0) is 36.3 Å². The highest BCUT2D eigenvalue weighted by Gasteiger charge is 2.49. The highest BCUT2D eigenvalue weighted by Crippen LogP contribution is 2.39. The molecule has 1 saturated heterocycles. The van der Waals surface area contributed by atoms with Gasteiger partial charge in [0.15, 0.2) is 0 Å². The zero-order valence-corrected chi connectivity index (χ0v) is 25.9. The lowest BCUT2D eigenvalue weighted by atomic mass is 9.87. The number of hydrogen-bond donors (Lipinski definition) is 1. The van der Waals surface area contributed by atoms with Crippen molar-refractivity contribution in [3.63, 3.8) is 0 Å². The van der Waals surface area contributed by atoms with E-state index in [1.54, 1.807) is 12.1 Å². The molecule has 1 aliphatic heterocycles. The smallest absolute Gasteiger partial charge is 0.410 e. The summed E-state index contributed by atoms with van der Waals surface area (Å²) in [6.45, 7) is 0.957. The number of halogens is 4. The van der Waals surface area contributed by atoms with Crippen LogP contribution in [-0.2, 0) is 23.8 Å². The van der Waals surface area contributed by atoms with Crippen molar-refractivity contribution >= 4 is 35.2 Å². The van der Waals surface area contributed by atoms with Gasteiger partial charge in [0.25, 0.3) is 11.8 Å². The molecule has 3 aliphatic rings. The van der Waals surface area contributed by atoms with Crippen LogP contribution >= 0.6 is 11.6 Å². The van der Waals surface area contributed by atoms with E-state index in [0.29, 0.717) is 6.61 Å². The van der Waals surface area contributed by atoms with Crippen molar-refractivity contribution in [1.29, 1.82) is 0 Å². The van der Waals surface area contributed by atoms with Crippen molar-refractivity contribution in [3.8, 4) is 0 Å². The minimum absolute atomic E-state index is 0.00213. The second kappa shape index (κ2) is 14.7. The van der Waals surface area contributed by atoms with E-state index in [2.05, 4.69) is 5.32 Å². The number of anilines is 1. The van der Waals surface area contributed by atoms with Gasteiger partial charge in [-0.25, -0.2) is 18.0 Å². The van der Waals surface area contributed by atoms with Crippen LogP contribution in [0, 0.1) is 5.82 Å². The number of hydrogen-bond acceptors (Lipinski definition) is 6. The molecule has 9 nitrogen and oxygen atoms in total. The Bertz CT molecular complexity index is 1500. The van der Waals surface area contributed by atoms with E-state index in [1.807, 2.05) is 18.2 Å². The van der Waals surface area contributed by atoms with Gasteiger partial charge in [-0.3, -0.25) is 19.4 Å². The molecule has 0 aromatic heterocycles. The second-order valence-electron chi connectivity index (χ2n) is 11.5. The van der Waals surface area contributed by atoms with E-state index in [-0.39, 0.29) is 42.5 Å². The van der Waals surface area contributed by atoms with E-state index in [0.717, 1.165) is 23.0 Å². The molecule has 1 heterocycles. The Morgan fingerprint density at radius 1 is 1.13 bits per heavy atom. The number of likely N-dealkylation sites (tertiary alicyclic amines) is 1. The molecule has 5 rings (SSSR count). The van der Waals surface area contributed by atoms with Gasteiger partial charge >= 0.3 is 6.09 Å². The first-order chi connectivity index (χ1) is 22.1. The van der Waals surface area contributed by atoms with Crippen molar-refractivity contribution < 1.29 is 41.8 Å². The minimum atomic E-state index is -2.91. The summed E-state index contributed by atoms with van der Waals surface area (Å²) in [5.74, 6) is -5.12. The molecule has 1 saturated carbocycles. The summed E-state index contributed by atoms with van der Waals surface area (Å²) in [6.07, 6.45) is 4.37. The largest absolute Gasteiger partial charge is 0.453 e. The molecule has 246 valence electrons. The van der Waals surface area contributed by atoms with E-state index in [9.17, 15) is 27.6 Å². The Balaban J connectivity index is 1.42. The molecule has 0 radical (unpaired) electrons. The number of allylic oxidation sites excluding steroid dienone is 3. The molecule has 2 aliphatic carbocycles. The highest BCUT2D eigenvalue weighted by atomic mass is 35.5. The van der Waals surface area contributed by atoms with Crippen LogP contribution in [0.15, 0.2) is 72.3 Å². The average molecular weight is 662 g/mol. The Hall–Kier alpha value is -3.87. The molecule has 3 atom stereocenters. The molecule has 0 spiro atoms. The molecule has 46 heavy (non-hydrogen) atoms. The molecule has 2 aromatic rings. The number of nitrogens with one attached hydrogen (secondary N) is 1.